The third-order valence-electron chi connectivity index (χ3n) is 3.47. The molecule has 0 amide bonds. The van der Waals surface area contributed by atoms with E-state index in [4.69, 9.17) is 0 Å². The van der Waals surface area contributed by atoms with Gasteiger partial charge in [0.05, 0.1) is 0 Å². The van der Waals surface area contributed by atoms with Crippen molar-refractivity contribution >= 4 is 33.3 Å². The highest BCUT2D eigenvalue weighted by molar-refractivity contribution is 9.10. The molecule has 1 aliphatic carbocycles. The van der Waals surface area contributed by atoms with E-state index >= 15 is 0 Å². The summed E-state index contributed by atoms with van der Waals surface area (Å²) in [5, 5.41) is 6.49. The van der Waals surface area contributed by atoms with E-state index in [1.165, 1.54) is 18.4 Å². The molecule has 1 fully saturated rings. The van der Waals surface area contributed by atoms with Crippen LogP contribution in [0.2, 0.25) is 0 Å². The van der Waals surface area contributed by atoms with Crippen LogP contribution in [0.1, 0.15) is 30.1 Å². The van der Waals surface area contributed by atoms with Gasteiger partial charge < -0.3 is 10.6 Å². The van der Waals surface area contributed by atoms with Crippen LogP contribution in [0.15, 0.2) is 28.7 Å². The summed E-state index contributed by atoms with van der Waals surface area (Å²) in [5.41, 5.74) is 2.23. The fourth-order valence-electron chi connectivity index (χ4n) is 2.06. The summed E-state index contributed by atoms with van der Waals surface area (Å²) < 4.78 is 1.09. The number of halogens is 1. The maximum Gasteiger partial charge on any atom is 0.136 e. The largest absolute Gasteiger partial charge is 0.373 e. The van der Waals surface area contributed by atoms with E-state index in [9.17, 15) is 0 Å². The van der Waals surface area contributed by atoms with Crippen molar-refractivity contribution in [2.75, 3.05) is 17.7 Å². The lowest BCUT2D eigenvalue weighted by Crippen LogP contribution is -2.03. The van der Waals surface area contributed by atoms with Crippen molar-refractivity contribution < 1.29 is 0 Å². The summed E-state index contributed by atoms with van der Waals surface area (Å²) in [6.45, 7) is 2.08. The van der Waals surface area contributed by atoms with Crippen LogP contribution in [-0.2, 0) is 0 Å². The van der Waals surface area contributed by atoms with Gasteiger partial charge in [0.15, 0.2) is 0 Å². The first-order valence-corrected chi connectivity index (χ1v) is 7.55. The number of aromatic nitrogens is 2. The van der Waals surface area contributed by atoms with E-state index in [-0.39, 0.29) is 0 Å². The fourth-order valence-corrected chi connectivity index (χ4v) is 2.43. The van der Waals surface area contributed by atoms with Gasteiger partial charge in [-0.1, -0.05) is 22.0 Å². The molecule has 1 heterocycles. The van der Waals surface area contributed by atoms with Crippen LogP contribution in [0.4, 0.5) is 17.3 Å². The van der Waals surface area contributed by atoms with Crippen LogP contribution in [0, 0.1) is 6.92 Å². The first kappa shape index (κ1) is 13.4. The van der Waals surface area contributed by atoms with Crippen LogP contribution in [-0.4, -0.2) is 17.0 Å². The maximum atomic E-state index is 4.63. The molecule has 104 valence electrons. The molecule has 1 aliphatic rings. The first-order valence-electron chi connectivity index (χ1n) is 6.76. The van der Waals surface area contributed by atoms with E-state index in [2.05, 4.69) is 49.5 Å². The van der Waals surface area contributed by atoms with E-state index < -0.39 is 0 Å². The lowest BCUT2D eigenvalue weighted by molar-refractivity contribution is 0.932. The average Bonchev–Trinajstić information content (AvgIpc) is 3.28. The predicted octanol–water partition coefficient (Wildman–Crippen LogP) is 4.21. The minimum absolute atomic E-state index is 0.535. The lowest BCUT2D eigenvalue weighted by Gasteiger charge is -2.12. The number of rotatable bonds is 4. The quantitative estimate of drug-likeness (QED) is 0.880. The molecule has 0 aliphatic heterocycles. The highest BCUT2D eigenvalue weighted by Gasteiger charge is 2.27. The summed E-state index contributed by atoms with van der Waals surface area (Å²) in [6, 6.07) is 8.04. The molecule has 1 saturated carbocycles. The molecular weight excluding hydrogens is 316 g/mol. The van der Waals surface area contributed by atoms with Crippen molar-refractivity contribution in [2.45, 2.75) is 25.7 Å². The van der Waals surface area contributed by atoms with Gasteiger partial charge in [0.1, 0.15) is 17.5 Å². The standard InChI is InChI=1S/C15H17BrN4/c1-9-11(16)4-3-5-12(9)18-14-8-13(17-2)19-15(20-14)10-6-7-10/h3-5,8,10H,6-7H2,1-2H3,(H2,17,18,19,20). The van der Waals surface area contributed by atoms with Crippen LogP contribution in [0.3, 0.4) is 0 Å². The van der Waals surface area contributed by atoms with Gasteiger partial charge in [-0.3, -0.25) is 0 Å². The van der Waals surface area contributed by atoms with Crippen molar-refractivity contribution in [1.29, 1.82) is 0 Å². The third-order valence-corrected chi connectivity index (χ3v) is 4.33. The topological polar surface area (TPSA) is 49.8 Å². The van der Waals surface area contributed by atoms with E-state index in [0.29, 0.717) is 5.92 Å². The molecule has 2 aromatic rings. The van der Waals surface area contributed by atoms with Crippen molar-refractivity contribution in [1.82, 2.24) is 9.97 Å². The first-order chi connectivity index (χ1) is 9.67. The van der Waals surface area contributed by atoms with Gasteiger partial charge in [-0.05, 0) is 37.5 Å². The number of benzene rings is 1. The summed E-state index contributed by atoms with van der Waals surface area (Å²) in [4.78, 5) is 9.16. The molecule has 0 radical (unpaired) electrons. The summed E-state index contributed by atoms with van der Waals surface area (Å²) in [7, 11) is 1.88. The van der Waals surface area contributed by atoms with Gasteiger partial charge in [-0.2, -0.15) is 0 Å². The monoisotopic (exact) mass is 332 g/mol. The van der Waals surface area contributed by atoms with Crippen molar-refractivity contribution in [3.05, 3.63) is 40.1 Å². The second-order valence-electron chi connectivity index (χ2n) is 5.06. The molecular formula is C15H17BrN4. The van der Waals surface area contributed by atoms with Crippen LogP contribution in [0.5, 0.6) is 0 Å². The molecule has 2 N–H and O–H groups in total. The van der Waals surface area contributed by atoms with E-state index in [1.807, 2.05) is 25.2 Å². The number of nitrogens with zero attached hydrogens (tertiary/aromatic N) is 2. The third kappa shape index (κ3) is 2.77. The van der Waals surface area contributed by atoms with Crippen LogP contribution in [0.25, 0.3) is 0 Å². The zero-order chi connectivity index (χ0) is 14.1. The predicted molar refractivity (Wildman–Crippen MR) is 85.7 cm³/mol. The summed E-state index contributed by atoms with van der Waals surface area (Å²) >= 11 is 3.55. The molecule has 0 bridgehead atoms. The second-order valence-corrected chi connectivity index (χ2v) is 5.91. The Morgan fingerprint density at radius 2 is 1.95 bits per heavy atom. The van der Waals surface area contributed by atoms with Crippen LogP contribution < -0.4 is 10.6 Å². The molecule has 5 heteroatoms. The van der Waals surface area contributed by atoms with E-state index in [0.717, 1.165) is 27.6 Å². The van der Waals surface area contributed by atoms with Gasteiger partial charge in [0, 0.05) is 29.2 Å². The SMILES string of the molecule is CNc1cc(Nc2cccc(Br)c2C)nc(C2CC2)n1. The number of nitrogens with one attached hydrogen (secondary N) is 2. The van der Waals surface area contributed by atoms with Gasteiger partial charge in [0.2, 0.25) is 0 Å². The Hall–Kier alpha value is -1.62. The molecule has 1 aromatic heterocycles. The smallest absolute Gasteiger partial charge is 0.136 e. The second kappa shape index (κ2) is 5.40. The van der Waals surface area contributed by atoms with Gasteiger partial charge in [-0.25, -0.2) is 9.97 Å². The van der Waals surface area contributed by atoms with Crippen LogP contribution >= 0.6 is 15.9 Å². The zero-order valence-electron chi connectivity index (χ0n) is 11.6. The minimum atomic E-state index is 0.535. The van der Waals surface area contributed by atoms with Crippen molar-refractivity contribution in [2.24, 2.45) is 0 Å². The normalized spacial score (nSPS) is 14.2. The Morgan fingerprint density at radius 3 is 2.65 bits per heavy atom. The number of anilines is 3. The Morgan fingerprint density at radius 1 is 1.20 bits per heavy atom. The van der Waals surface area contributed by atoms with Gasteiger partial charge in [-0.15, -0.1) is 0 Å². The highest BCUT2D eigenvalue weighted by Crippen LogP contribution is 2.39. The number of hydrogen-bond donors (Lipinski definition) is 2. The molecule has 20 heavy (non-hydrogen) atoms. The highest BCUT2D eigenvalue weighted by atomic mass is 79.9. The molecule has 1 aromatic carbocycles. The molecule has 4 nitrogen and oxygen atoms in total. The summed E-state index contributed by atoms with van der Waals surface area (Å²) in [5.74, 6) is 3.17. The Kier molecular flexibility index (Phi) is 3.61. The molecule has 0 unspecified atom stereocenters. The average molecular weight is 333 g/mol. The maximum absolute atomic E-state index is 4.63. The molecule has 3 rings (SSSR count). The van der Waals surface area contributed by atoms with Gasteiger partial charge in [0.25, 0.3) is 0 Å². The zero-order valence-corrected chi connectivity index (χ0v) is 13.2. The Bertz CT molecular complexity index is 638. The minimum Gasteiger partial charge on any atom is -0.373 e. The fraction of sp³-hybridized carbons (Fsp3) is 0.333. The van der Waals surface area contributed by atoms with Crippen molar-refractivity contribution in [3.8, 4) is 0 Å². The Balaban J connectivity index is 1.93. The lowest BCUT2D eigenvalue weighted by atomic mass is 10.2. The summed E-state index contributed by atoms with van der Waals surface area (Å²) in [6.07, 6.45) is 2.39. The molecule has 0 spiro atoms. The Labute approximate surface area is 127 Å². The van der Waals surface area contributed by atoms with Gasteiger partial charge >= 0.3 is 0 Å². The molecule has 0 atom stereocenters. The van der Waals surface area contributed by atoms with E-state index in [1.54, 1.807) is 0 Å². The van der Waals surface area contributed by atoms with Crippen molar-refractivity contribution in [3.63, 3.8) is 0 Å². The number of hydrogen-bond acceptors (Lipinski definition) is 4. The molecule has 0 saturated heterocycles.